The van der Waals surface area contributed by atoms with Crippen molar-refractivity contribution in [1.29, 1.82) is 0 Å². The van der Waals surface area contributed by atoms with Crippen LogP contribution in [0.1, 0.15) is 12.8 Å². The first kappa shape index (κ1) is 22.2. The Labute approximate surface area is 158 Å². The van der Waals surface area contributed by atoms with Gasteiger partial charge in [-0.25, -0.2) is 0 Å². The Bertz CT molecular complexity index is 429. The van der Waals surface area contributed by atoms with E-state index >= 15 is 0 Å². The van der Waals surface area contributed by atoms with Crippen LogP contribution in [0.5, 0.6) is 0 Å². The van der Waals surface area contributed by atoms with Crippen LogP contribution in [0.25, 0.3) is 0 Å². The van der Waals surface area contributed by atoms with Crippen molar-refractivity contribution in [1.82, 2.24) is 0 Å². The molecule has 0 fully saturated rings. The van der Waals surface area contributed by atoms with Crippen molar-refractivity contribution in [3.8, 4) is 0 Å². The lowest BCUT2D eigenvalue weighted by Gasteiger charge is -2.11. The molecule has 22 heavy (non-hydrogen) atoms. The normalized spacial score (nSPS) is 13.8. The Morgan fingerprint density at radius 2 is 1.05 bits per heavy atom. The summed E-state index contributed by atoms with van der Waals surface area (Å²) >= 11 is 32.7. The van der Waals surface area contributed by atoms with Crippen molar-refractivity contribution in [2.45, 2.75) is 20.4 Å². The lowest BCUT2D eigenvalue weighted by molar-refractivity contribution is -0.114. The van der Waals surface area contributed by atoms with E-state index < -0.39 is 19.2 Å². The summed E-state index contributed by atoms with van der Waals surface area (Å²) in [7, 11) is 2.69. The van der Waals surface area contributed by atoms with Gasteiger partial charge in [-0.15, -0.1) is 0 Å². The van der Waals surface area contributed by atoms with Crippen LogP contribution in [-0.2, 0) is 19.1 Å². The van der Waals surface area contributed by atoms with Crippen LogP contribution in [0, 0.1) is 0 Å². The van der Waals surface area contributed by atoms with Crippen molar-refractivity contribution < 1.29 is 19.1 Å². The molecule has 4 nitrogen and oxygen atoms in total. The molecule has 0 bridgehead atoms. The number of ketones is 2. The quantitative estimate of drug-likeness (QED) is 0.332. The van der Waals surface area contributed by atoms with Gasteiger partial charge in [0.25, 0.3) is 7.59 Å². The number of alkyl halides is 6. The largest absolute Gasteiger partial charge is 0.501 e. The molecule has 0 aliphatic rings. The molecule has 0 amide bonds. The topological polar surface area (TPSA) is 52.6 Å². The zero-order chi connectivity index (χ0) is 17.6. The zero-order valence-electron chi connectivity index (χ0n) is 11.5. The number of methoxy groups -OCH3 is 2. The Hall–Kier alpha value is 0.160. The maximum absolute atomic E-state index is 11.6. The molecule has 126 valence electrons. The average Bonchev–Trinajstić information content (AvgIpc) is 2.38. The summed E-state index contributed by atoms with van der Waals surface area (Å²) in [6.07, 6.45) is 2.51. The lowest BCUT2D eigenvalue weighted by atomic mass is 10.2. The van der Waals surface area contributed by atoms with Gasteiger partial charge in [0.05, 0.1) is 25.7 Å². The van der Waals surface area contributed by atoms with Crippen molar-refractivity contribution in [2.24, 2.45) is 0 Å². The van der Waals surface area contributed by atoms with Gasteiger partial charge in [0.15, 0.2) is 0 Å². The fourth-order valence-corrected chi connectivity index (χ4v) is 1.50. The van der Waals surface area contributed by atoms with Gasteiger partial charge < -0.3 is 9.47 Å². The minimum atomic E-state index is -2.07. The Kier molecular flexibility index (Phi) is 9.52. The molecular formula is C12H12Cl6O4. The number of hydrogen-bond acceptors (Lipinski definition) is 4. The molecule has 0 radical (unpaired) electrons. The van der Waals surface area contributed by atoms with Crippen molar-refractivity contribution in [3.05, 3.63) is 23.7 Å². The Morgan fingerprint density at radius 1 is 0.773 bits per heavy atom. The fourth-order valence-electron chi connectivity index (χ4n) is 1.17. The third kappa shape index (κ3) is 8.70. The van der Waals surface area contributed by atoms with E-state index in [-0.39, 0.29) is 24.4 Å². The SMILES string of the molecule is COC(=CC(=O)C(Cl)(Cl)Cl)CCC(=CC(=O)C(Cl)(Cl)Cl)OC. The van der Waals surface area contributed by atoms with E-state index in [0.29, 0.717) is 0 Å². The molecule has 0 unspecified atom stereocenters. The molecule has 0 atom stereocenters. The third-order valence-electron chi connectivity index (χ3n) is 2.29. The number of carbonyl (C=O) groups is 2. The predicted octanol–water partition coefficient (Wildman–Crippen LogP) is 4.71. The number of ether oxygens (including phenoxy) is 2. The summed E-state index contributed by atoms with van der Waals surface area (Å²) in [6, 6.07) is 0. The van der Waals surface area contributed by atoms with E-state index in [0.717, 1.165) is 12.2 Å². The highest BCUT2D eigenvalue weighted by molar-refractivity contribution is 6.77. The molecule has 0 aliphatic carbocycles. The number of halogens is 6. The average molecular weight is 433 g/mol. The smallest absolute Gasteiger partial charge is 0.252 e. The minimum Gasteiger partial charge on any atom is -0.501 e. The Morgan fingerprint density at radius 3 is 1.23 bits per heavy atom. The van der Waals surface area contributed by atoms with E-state index in [1.54, 1.807) is 0 Å². The van der Waals surface area contributed by atoms with Crippen molar-refractivity contribution in [2.75, 3.05) is 14.2 Å². The van der Waals surface area contributed by atoms with E-state index in [9.17, 15) is 9.59 Å². The molecule has 0 spiro atoms. The van der Waals surface area contributed by atoms with Gasteiger partial charge in [0, 0.05) is 25.0 Å². The van der Waals surface area contributed by atoms with Crippen LogP contribution < -0.4 is 0 Å². The van der Waals surface area contributed by atoms with Gasteiger partial charge in [-0.1, -0.05) is 69.6 Å². The van der Waals surface area contributed by atoms with Crippen LogP contribution >= 0.6 is 69.6 Å². The van der Waals surface area contributed by atoms with Gasteiger partial charge in [0.1, 0.15) is 0 Å². The number of allylic oxidation sites excluding steroid dienone is 4. The van der Waals surface area contributed by atoms with E-state index in [2.05, 4.69) is 0 Å². The molecule has 0 N–H and O–H groups in total. The maximum Gasteiger partial charge on any atom is 0.252 e. The summed E-state index contributed by atoms with van der Waals surface area (Å²) in [4.78, 5) is 23.1. The minimum absolute atomic E-state index is 0.204. The first-order valence-electron chi connectivity index (χ1n) is 5.63. The van der Waals surface area contributed by atoms with Gasteiger partial charge >= 0.3 is 0 Å². The van der Waals surface area contributed by atoms with Gasteiger partial charge in [-0.2, -0.15) is 0 Å². The fraction of sp³-hybridized carbons (Fsp3) is 0.500. The summed E-state index contributed by atoms with van der Waals surface area (Å²) in [5.41, 5.74) is 0. The molecule has 0 aromatic carbocycles. The Balaban J connectivity index is 4.93. The van der Waals surface area contributed by atoms with Gasteiger partial charge in [0.2, 0.25) is 11.6 Å². The first-order valence-corrected chi connectivity index (χ1v) is 7.90. The second-order valence-corrected chi connectivity index (χ2v) is 8.42. The monoisotopic (exact) mass is 430 g/mol. The standard InChI is InChI=1S/C12H12Cl6O4/c1-21-7(5-9(19)11(13,14)15)3-4-8(22-2)6-10(20)12(16,17)18/h5-6H,3-4H2,1-2H3. The van der Waals surface area contributed by atoms with Crippen molar-refractivity contribution in [3.63, 3.8) is 0 Å². The molecule has 0 heterocycles. The molecule has 0 saturated heterocycles. The highest BCUT2D eigenvalue weighted by Gasteiger charge is 2.30. The summed E-state index contributed by atoms with van der Waals surface area (Å²) in [5.74, 6) is -1.04. The number of carbonyl (C=O) groups excluding carboxylic acids is 2. The van der Waals surface area contributed by atoms with Crippen molar-refractivity contribution >= 4 is 81.2 Å². The molecule has 0 rings (SSSR count). The summed E-state index contributed by atoms with van der Waals surface area (Å²) in [6.45, 7) is 0. The van der Waals surface area contributed by atoms with E-state index in [1.807, 2.05) is 0 Å². The molecule has 0 aliphatic heterocycles. The third-order valence-corrected chi connectivity index (χ3v) is 3.40. The molecule has 0 aromatic heterocycles. The van der Waals surface area contributed by atoms with Crippen LogP contribution in [0.4, 0.5) is 0 Å². The summed E-state index contributed by atoms with van der Waals surface area (Å²) < 4.78 is 5.85. The molecule has 0 aromatic rings. The second kappa shape index (κ2) is 9.45. The highest BCUT2D eigenvalue weighted by atomic mass is 35.6. The first-order chi connectivity index (χ1) is 9.91. The summed E-state index contributed by atoms with van der Waals surface area (Å²) in [5, 5.41) is 0. The number of hydrogen-bond donors (Lipinski definition) is 0. The van der Waals surface area contributed by atoms with Crippen LogP contribution in [0.15, 0.2) is 23.7 Å². The van der Waals surface area contributed by atoms with Crippen LogP contribution in [0.3, 0.4) is 0 Å². The zero-order valence-corrected chi connectivity index (χ0v) is 16.0. The lowest BCUT2D eigenvalue weighted by Crippen LogP contribution is -2.17. The molecular weight excluding hydrogens is 421 g/mol. The van der Waals surface area contributed by atoms with E-state index in [1.165, 1.54) is 14.2 Å². The van der Waals surface area contributed by atoms with Gasteiger partial charge in [-0.05, 0) is 0 Å². The van der Waals surface area contributed by atoms with Crippen LogP contribution in [0.2, 0.25) is 0 Å². The van der Waals surface area contributed by atoms with Gasteiger partial charge in [-0.3, -0.25) is 9.59 Å². The number of rotatable bonds is 7. The predicted molar refractivity (Wildman–Crippen MR) is 90.0 cm³/mol. The second-order valence-electron chi connectivity index (χ2n) is 3.85. The van der Waals surface area contributed by atoms with Crippen LogP contribution in [-0.4, -0.2) is 33.4 Å². The maximum atomic E-state index is 11.6. The highest BCUT2D eigenvalue weighted by Crippen LogP contribution is 2.30. The molecule has 10 heteroatoms. The molecule has 0 saturated carbocycles. The van der Waals surface area contributed by atoms with E-state index in [4.69, 9.17) is 79.1 Å².